The van der Waals surface area contributed by atoms with Gasteiger partial charge in [-0.15, -0.1) is 0 Å². The van der Waals surface area contributed by atoms with Crippen LogP contribution in [0.4, 0.5) is 5.69 Å². The number of hydrogen-bond donors (Lipinski definition) is 1. The summed E-state index contributed by atoms with van der Waals surface area (Å²) < 4.78 is 5.67. The predicted octanol–water partition coefficient (Wildman–Crippen LogP) is 2.50. The first-order chi connectivity index (χ1) is 8.04. The summed E-state index contributed by atoms with van der Waals surface area (Å²) in [6, 6.07) is 5.54. The van der Waals surface area contributed by atoms with Crippen molar-refractivity contribution in [2.75, 3.05) is 19.3 Å². The highest BCUT2D eigenvalue weighted by Crippen LogP contribution is 2.19. The number of anilines is 1. The Bertz CT molecular complexity index is 504. The second-order valence-corrected chi connectivity index (χ2v) is 4.93. The molecule has 0 aliphatic heterocycles. The van der Waals surface area contributed by atoms with Crippen LogP contribution in [0, 0.1) is 5.92 Å². The largest absolute Gasteiger partial charge is 0.439 e. The van der Waals surface area contributed by atoms with Crippen molar-refractivity contribution in [1.82, 2.24) is 9.88 Å². The van der Waals surface area contributed by atoms with E-state index in [0.29, 0.717) is 11.6 Å². The molecule has 2 N–H and O–H groups in total. The Labute approximate surface area is 101 Å². The van der Waals surface area contributed by atoms with Crippen molar-refractivity contribution in [3.8, 4) is 0 Å². The molecule has 4 nitrogen and oxygen atoms in total. The molecule has 1 heterocycles. The van der Waals surface area contributed by atoms with Crippen molar-refractivity contribution in [3.63, 3.8) is 0 Å². The molecular formula is C13H19N3O. The Morgan fingerprint density at radius 2 is 2.18 bits per heavy atom. The summed E-state index contributed by atoms with van der Waals surface area (Å²) in [5.41, 5.74) is 8.04. The van der Waals surface area contributed by atoms with Crippen LogP contribution < -0.4 is 5.73 Å². The third-order valence-corrected chi connectivity index (χ3v) is 2.54. The van der Waals surface area contributed by atoms with Gasteiger partial charge >= 0.3 is 0 Å². The van der Waals surface area contributed by atoms with E-state index in [2.05, 4.69) is 30.8 Å². The van der Waals surface area contributed by atoms with Crippen molar-refractivity contribution < 1.29 is 4.42 Å². The number of benzene rings is 1. The van der Waals surface area contributed by atoms with Gasteiger partial charge in [-0.2, -0.15) is 0 Å². The van der Waals surface area contributed by atoms with Crippen LogP contribution in [0.15, 0.2) is 22.6 Å². The predicted molar refractivity (Wildman–Crippen MR) is 69.6 cm³/mol. The van der Waals surface area contributed by atoms with E-state index in [4.69, 9.17) is 10.2 Å². The topological polar surface area (TPSA) is 55.3 Å². The monoisotopic (exact) mass is 233 g/mol. The summed E-state index contributed by atoms with van der Waals surface area (Å²) >= 11 is 0. The van der Waals surface area contributed by atoms with Gasteiger partial charge in [0.2, 0.25) is 5.89 Å². The maximum Gasteiger partial charge on any atom is 0.209 e. The highest BCUT2D eigenvalue weighted by atomic mass is 16.3. The number of nitrogens with zero attached hydrogens (tertiary/aromatic N) is 2. The molecule has 0 aliphatic rings. The minimum Gasteiger partial charge on any atom is -0.439 e. The van der Waals surface area contributed by atoms with Crippen LogP contribution >= 0.6 is 0 Å². The third kappa shape index (κ3) is 2.97. The second kappa shape index (κ2) is 4.75. The molecule has 0 fully saturated rings. The Kier molecular flexibility index (Phi) is 3.33. The van der Waals surface area contributed by atoms with E-state index in [0.717, 1.165) is 30.1 Å². The summed E-state index contributed by atoms with van der Waals surface area (Å²) in [5.74, 6) is 1.38. The van der Waals surface area contributed by atoms with Gasteiger partial charge in [0, 0.05) is 18.3 Å². The molecule has 4 heteroatoms. The minimum atomic E-state index is 0.639. The van der Waals surface area contributed by atoms with Crippen molar-refractivity contribution >= 4 is 16.8 Å². The molecule has 0 unspecified atom stereocenters. The number of oxazole rings is 1. The standard InChI is InChI=1S/C13H19N3O/c1-9(2)7-16(3)8-13-15-11-5-4-10(14)6-12(11)17-13/h4-6,9H,7-8,14H2,1-3H3. The average molecular weight is 233 g/mol. The van der Waals surface area contributed by atoms with Gasteiger partial charge in [0.05, 0.1) is 6.54 Å². The van der Waals surface area contributed by atoms with Gasteiger partial charge in [-0.1, -0.05) is 13.8 Å². The Morgan fingerprint density at radius 1 is 1.41 bits per heavy atom. The van der Waals surface area contributed by atoms with Gasteiger partial charge in [-0.25, -0.2) is 4.98 Å². The zero-order valence-corrected chi connectivity index (χ0v) is 10.6. The van der Waals surface area contributed by atoms with E-state index in [1.165, 1.54) is 0 Å². The van der Waals surface area contributed by atoms with Gasteiger partial charge in [-0.05, 0) is 25.1 Å². The highest BCUT2D eigenvalue weighted by Gasteiger charge is 2.09. The van der Waals surface area contributed by atoms with E-state index in [-0.39, 0.29) is 0 Å². The fourth-order valence-corrected chi connectivity index (χ4v) is 1.98. The number of nitrogens with two attached hydrogens (primary N) is 1. The first-order valence-electron chi connectivity index (χ1n) is 5.88. The maximum absolute atomic E-state index is 5.70. The Hall–Kier alpha value is -1.55. The molecule has 2 rings (SSSR count). The van der Waals surface area contributed by atoms with Gasteiger partial charge in [0.25, 0.3) is 0 Å². The Balaban J connectivity index is 2.14. The molecule has 0 atom stereocenters. The molecule has 92 valence electrons. The molecule has 0 saturated heterocycles. The van der Waals surface area contributed by atoms with Gasteiger partial charge in [0.1, 0.15) is 5.52 Å². The normalized spacial score (nSPS) is 11.8. The number of nitrogen functional groups attached to an aromatic ring is 1. The molecule has 0 saturated carbocycles. The zero-order valence-electron chi connectivity index (χ0n) is 10.6. The first-order valence-corrected chi connectivity index (χ1v) is 5.88. The van der Waals surface area contributed by atoms with Gasteiger partial charge in [-0.3, -0.25) is 4.90 Å². The average Bonchev–Trinajstić information content (AvgIpc) is 2.57. The van der Waals surface area contributed by atoms with Crippen LogP contribution in [0.1, 0.15) is 19.7 Å². The van der Waals surface area contributed by atoms with Crippen LogP contribution in [0.5, 0.6) is 0 Å². The van der Waals surface area contributed by atoms with Crippen LogP contribution in [-0.4, -0.2) is 23.5 Å². The molecule has 0 bridgehead atoms. The first kappa shape index (κ1) is 11.9. The summed E-state index contributed by atoms with van der Waals surface area (Å²) in [7, 11) is 2.07. The quantitative estimate of drug-likeness (QED) is 0.824. The lowest BCUT2D eigenvalue weighted by molar-refractivity contribution is 0.263. The molecule has 1 aromatic heterocycles. The van der Waals surface area contributed by atoms with Crippen LogP contribution in [0.3, 0.4) is 0 Å². The molecule has 2 aromatic rings. The van der Waals surface area contributed by atoms with E-state index >= 15 is 0 Å². The number of fused-ring (bicyclic) bond motifs is 1. The third-order valence-electron chi connectivity index (χ3n) is 2.54. The lowest BCUT2D eigenvalue weighted by Gasteiger charge is -2.16. The van der Waals surface area contributed by atoms with Crippen molar-refractivity contribution in [3.05, 3.63) is 24.1 Å². The minimum absolute atomic E-state index is 0.639. The van der Waals surface area contributed by atoms with Crippen molar-refractivity contribution in [1.29, 1.82) is 0 Å². The molecule has 0 radical (unpaired) electrons. The zero-order chi connectivity index (χ0) is 12.4. The smallest absolute Gasteiger partial charge is 0.209 e. The summed E-state index contributed by atoms with van der Waals surface area (Å²) in [6.07, 6.45) is 0. The number of hydrogen-bond acceptors (Lipinski definition) is 4. The van der Waals surface area contributed by atoms with Gasteiger partial charge in [0.15, 0.2) is 5.58 Å². The summed E-state index contributed by atoms with van der Waals surface area (Å²) in [4.78, 5) is 6.64. The second-order valence-electron chi connectivity index (χ2n) is 4.93. The molecule has 1 aromatic carbocycles. The van der Waals surface area contributed by atoms with E-state index in [1.807, 2.05) is 18.2 Å². The van der Waals surface area contributed by atoms with E-state index in [9.17, 15) is 0 Å². The fourth-order valence-electron chi connectivity index (χ4n) is 1.98. The van der Waals surface area contributed by atoms with Gasteiger partial charge < -0.3 is 10.2 Å². The van der Waals surface area contributed by atoms with E-state index < -0.39 is 0 Å². The van der Waals surface area contributed by atoms with E-state index in [1.54, 1.807) is 0 Å². The molecular weight excluding hydrogens is 214 g/mol. The van der Waals surface area contributed by atoms with Crippen LogP contribution in [-0.2, 0) is 6.54 Å². The summed E-state index contributed by atoms with van der Waals surface area (Å²) in [6.45, 7) is 6.15. The van der Waals surface area contributed by atoms with Crippen LogP contribution in [0.25, 0.3) is 11.1 Å². The van der Waals surface area contributed by atoms with Crippen molar-refractivity contribution in [2.45, 2.75) is 20.4 Å². The lowest BCUT2D eigenvalue weighted by Crippen LogP contribution is -2.22. The summed E-state index contributed by atoms with van der Waals surface area (Å²) in [5, 5.41) is 0. The Morgan fingerprint density at radius 3 is 2.88 bits per heavy atom. The number of rotatable bonds is 4. The lowest BCUT2D eigenvalue weighted by atomic mass is 10.2. The van der Waals surface area contributed by atoms with Crippen molar-refractivity contribution in [2.24, 2.45) is 5.92 Å². The van der Waals surface area contributed by atoms with Crippen LogP contribution in [0.2, 0.25) is 0 Å². The molecule has 0 aliphatic carbocycles. The molecule has 0 amide bonds. The highest BCUT2D eigenvalue weighted by molar-refractivity contribution is 5.76. The molecule has 0 spiro atoms. The SMILES string of the molecule is CC(C)CN(C)Cc1nc2ccc(N)cc2o1. The number of aromatic nitrogens is 1. The fraction of sp³-hybridized carbons (Fsp3) is 0.462. The maximum atomic E-state index is 5.70. The molecule has 17 heavy (non-hydrogen) atoms.